The Morgan fingerprint density at radius 2 is 1.93 bits per heavy atom. The number of carbonyl (C=O) groups is 1. The van der Waals surface area contributed by atoms with Crippen molar-refractivity contribution in [3.63, 3.8) is 0 Å². The summed E-state index contributed by atoms with van der Waals surface area (Å²) in [5.41, 5.74) is 2.18. The first-order valence-electron chi connectivity index (χ1n) is 10.3. The number of hydrogen-bond donors (Lipinski definition) is 0. The van der Waals surface area contributed by atoms with Crippen molar-refractivity contribution in [2.24, 2.45) is 0 Å². The monoisotopic (exact) mass is 423 g/mol. The van der Waals surface area contributed by atoms with Crippen LogP contribution in [0, 0.1) is 6.92 Å². The van der Waals surface area contributed by atoms with Crippen LogP contribution in [0.1, 0.15) is 18.9 Å². The zero-order valence-electron chi connectivity index (χ0n) is 17.2. The minimum atomic E-state index is 0.196. The lowest BCUT2D eigenvalue weighted by atomic mass is 10.2. The molecule has 2 aliphatic rings. The largest absolute Gasteiger partial charge is 0.492 e. The minimum Gasteiger partial charge on any atom is -0.492 e. The third-order valence-electron chi connectivity index (χ3n) is 5.96. The van der Waals surface area contributed by atoms with Crippen LogP contribution in [0.3, 0.4) is 0 Å². The van der Waals surface area contributed by atoms with Gasteiger partial charge in [-0.1, -0.05) is 17.4 Å². The van der Waals surface area contributed by atoms with Gasteiger partial charge in [0.05, 0.1) is 10.2 Å². The molecular weight excluding hydrogens is 398 g/mol. The van der Waals surface area contributed by atoms with E-state index in [0.717, 1.165) is 47.8 Å². The molecule has 2 aliphatic heterocycles. The van der Waals surface area contributed by atoms with E-state index in [4.69, 9.17) is 9.47 Å². The van der Waals surface area contributed by atoms with Gasteiger partial charge in [0.1, 0.15) is 18.1 Å². The van der Waals surface area contributed by atoms with E-state index in [-0.39, 0.29) is 5.91 Å². The number of amides is 1. The maximum Gasteiger partial charge on any atom is 0.279 e. The van der Waals surface area contributed by atoms with E-state index in [2.05, 4.69) is 28.9 Å². The van der Waals surface area contributed by atoms with Crippen molar-refractivity contribution < 1.29 is 14.3 Å². The Morgan fingerprint density at radius 3 is 2.67 bits per heavy atom. The van der Waals surface area contributed by atoms with Gasteiger partial charge >= 0.3 is 0 Å². The Labute approximate surface area is 180 Å². The van der Waals surface area contributed by atoms with Gasteiger partial charge < -0.3 is 14.4 Å². The quantitative estimate of drug-likeness (QED) is 0.598. The van der Waals surface area contributed by atoms with Gasteiger partial charge in [0.15, 0.2) is 0 Å². The molecule has 0 N–H and O–H groups in total. The average Bonchev–Trinajstić information content (AvgIpc) is 3.42. The van der Waals surface area contributed by atoms with Gasteiger partial charge in [0, 0.05) is 38.6 Å². The van der Waals surface area contributed by atoms with E-state index < -0.39 is 0 Å². The smallest absolute Gasteiger partial charge is 0.279 e. The second-order valence-corrected chi connectivity index (χ2v) is 9.08. The van der Waals surface area contributed by atoms with Crippen LogP contribution in [0.25, 0.3) is 10.2 Å². The maximum atomic E-state index is 11.6. The summed E-state index contributed by atoms with van der Waals surface area (Å²) < 4.78 is 13.0. The highest BCUT2D eigenvalue weighted by Gasteiger charge is 2.43. The van der Waals surface area contributed by atoms with Crippen molar-refractivity contribution in [1.29, 1.82) is 0 Å². The zero-order valence-corrected chi connectivity index (χ0v) is 18.0. The lowest BCUT2D eigenvalue weighted by Gasteiger charge is -2.33. The van der Waals surface area contributed by atoms with E-state index in [0.29, 0.717) is 23.9 Å². The molecule has 0 aliphatic carbocycles. The first-order chi connectivity index (χ1) is 14.5. The molecule has 3 aromatic rings. The molecule has 3 heterocycles. The number of ether oxygens (including phenoxy) is 2. The molecule has 2 bridgehead atoms. The fourth-order valence-corrected chi connectivity index (χ4v) is 5.38. The van der Waals surface area contributed by atoms with Crippen LogP contribution in [0.5, 0.6) is 16.7 Å². The molecule has 156 valence electrons. The fraction of sp³-hybridized carbons (Fsp3) is 0.391. The molecule has 30 heavy (non-hydrogen) atoms. The number of likely N-dealkylation sites (tertiary alicyclic amines) is 2. The van der Waals surface area contributed by atoms with Crippen LogP contribution in [0.15, 0.2) is 42.5 Å². The maximum absolute atomic E-state index is 11.6. The highest BCUT2D eigenvalue weighted by Crippen LogP contribution is 2.33. The lowest BCUT2D eigenvalue weighted by Crippen LogP contribution is -2.48. The number of thiazole rings is 1. The summed E-state index contributed by atoms with van der Waals surface area (Å²) in [6, 6.07) is 14.8. The second-order valence-electron chi connectivity index (χ2n) is 8.08. The molecule has 0 saturated carbocycles. The number of aryl methyl sites for hydroxylation is 1. The number of hydrogen-bond acceptors (Lipinski definition) is 6. The predicted octanol–water partition coefficient (Wildman–Crippen LogP) is 4.08. The Hall–Kier alpha value is -2.64. The van der Waals surface area contributed by atoms with Gasteiger partial charge in [0.25, 0.3) is 5.19 Å². The summed E-state index contributed by atoms with van der Waals surface area (Å²) in [7, 11) is 0. The average molecular weight is 424 g/mol. The van der Waals surface area contributed by atoms with Gasteiger partial charge in [-0.05, 0) is 55.3 Å². The standard InChI is InChI=1S/C23H25N3O3S/c1-15-3-8-21-22(11-15)30-23(24-21)29-20-6-4-19(5-7-20)28-10-9-25-13-18-12-17(25)14-26(18)16(2)27/h3-8,11,17-18H,9-10,12-14H2,1-2H3/t17-,18-/m1/s1. The number of benzene rings is 2. The van der Waals surface area contributed by atoms with Crippen LogP contribution in [0.2, 0.25) is 0 Å². The predicted molar refractivity (Wildman–Crippen MR) is 118 cm³/mol. The van der Waals surface area contributed by atoms with E-state index >= 15 is 0 Å². The number of aromatic nitrogens is 1. The fourth-order valence-electron chi connectivity index (χ4n) is 4.45. The lowest BCUT2D eigenvalue weighted by molar-refractivity contribution is -0.131. The van der Waals surface area contributed by atoms with Gasteiger partial charge in [-0.15, -0.1) is 0 Å². The number of carbonyl (C=O) groups excluding carboxylic acids is 1. The molecule has 5 rings (SSSR count). The molecule has 6 nitrogen and oxygen atoms in total. The van der Waals surface area contributed by atoms with E-state index in [1.165, 1.54) is 5.56 Å². The summed E-state index contributed by atoms with van der Waals surface area (Å²) in [6.07, 6.45) is 1.09. The third-order valence-corrected chi connectivity index (χ3v) is 6.86. The molecule has 2 aromatic carbocycles. The van der Waals surface area contributed by atoms with Gasteiger partial charge in [-0.25, -0.2) is 4.98 Å². The van der Waals surface area contributed by atoms with Crippen LogP contribution in [-0.4, -0.2) is 59.0 Å². The van der Waals surface area contributed by atoms with Gasteiger partial charge in [-0.3, -0.25) is 9.69 Å². The summed E-state index contributed by atoms with van der Waals surface area (Å²) in [5.74, 6) is 1.78. The van der Waals surface area contributed by atoms with Gasteiger partial charge in [0.2, 0.25) is 5.91 Å². The Balaban J connectivity index is 1.12. The van der Waals surface area contributed by atoms with E-state index in [9.17, 15) is 4.79 Å². The number of nitrogens with zero attached hydrogens (tertiary/aromatic N) is 3. The molecular formula is C23H25N3O3S. The summed E-state index contributed by atoms with van der Waals surface area (Å²) >= 11 is 1.55. The summed E-state index contributed by atoms with van der Waals surface area (Å²) in [5, 5.41) is 0.646. The molecule has 2 atom stereocenters. The molecule has 0 radical (unpaired) electrons. The highest BCUT2D eigenvalue weighted by atomic mass is 32.1. The Morgan fingerprint density at radius 1 is 1.13 bits per heavy atom. The Kier molecular flexibility index (Phi) is 5.08. The van der Waals surface area contributed by atoms with Crippen LogP contribution >= 0.6 is 11.3 Å². The molecule has 0 spiro atoms. The topological polar surface area (TPSA) is 54.9 Å². The first kappa shape index (κ1) is 19.3. The third kappa shape index (κ3) is 3.87. The van der Waals surface area contributed by atoms with E-state index in [1.54, 1.807) is 18.3 Å². The van der Waals surface area contributed by atoms with Crippen molar-refractivity contribution >= 4 is 27.5 Å². The number of piperazine rings is 1. The van der Waals surface area contributed by atoms with Crippen LogP contribution < -0.4 is 9.47 Å². The normalized spacial score (nSPS) is 20.8. The minimum absolute atomic E-state index is 0.196. The van der Waals surface area contributed by atoms with Crippen LogP contribution in [0.4, 0.5) is 0 Å². The van der Waals surface area contributed by atoms with Crippen molar-refractivity contribution in [1.82, 2.24) is 14.8 Å². The molecule has 2 fully saturated rings. The first-order valence-corrected chi connectivity index (χ1v) is 11.2. The van der Waals surface area contributed by atoms with Crippen molar-refractivity contribution in [2.75, 3.05) is 26.2 Å². The van der Waals surface area contributed by atoms with Crippen molar-refractivity contribution in [3.05, 3.63) is 48.0 Å². The van der Waals surface area contributed by atoms with Crippen LogP contribution in [-0.2, 0) is 4.79 Å². The Bertz CT molecular complexity index is 1070. The number of rotatable bonds is 6. The second kappa shape index (κ2) is 7.89. The molecule has 2 saturated heterocycles. The summed E-state index contributed by atoms with van der Waals surface area (Å²) in [6.45, 7) is 7.09. The number of fused-ring (bicyclic) bond motifs is 3. The zero-order chi connectivity index (χ0) is 20.7. The van der Waals surface area contributed by atoms with Crippen molar-refractivity contribution in [2.45, 2.75) is 32.4 Å². The molecule has 0 unspecified atom stereocenters. The van der Waals surface area contributed by atoms with Crippen molar-refractivity contribution in [3.8, 4) is 16.7 Å². The molecule has 7 heteroatoms. The highest BCUT2D eigenvalue weighted by molar-refractivity contribution is 7.20. The van der Waals surface area contributed by atoms with E-state index in [1.807, 2.05) is 35.2 Å². The molecule has 1 amide bonds. The van der Waals surface area contributed by atoms with Gasteiger partial charge in [-0.2, -0.15) is 0 Å². The SMILES string of the molecule is CC(=O)N1C[C@H]2C[C@@H]1CN2CCOc1ccc(Oc2nc3ccc(C)cc3s2)cc1. The summed E-state index contributed by atoms with van der Waals surface area (Å²) in [4.78, 5) is 20.6. The molecule has 1 aromatic heterocycles.